The van der Waals surface area contributed by atoms with Crippen LogP contribution in [0.25, 0.3) is 0 Å². The molecule has 0 aromatic carbocycles. The van der Waals surface area contributed by atoms with Crippen molar-refractivity contribution in [1.29, 1.82) is 0 Å². The molecule has 0 aromatic rings. The second-order valence-electron chi connectivity index (χ2n) is 12.7. The summed E-state index contributed by atoms with van der Waals surface area (Å²) in [4.78, 5) is 43.7. The average Bonchev–Trinajstić information content (AvgIpc) is 3.46. The first-order valence-electron chi connectivity index (χ1n) is 15.8. The largest absolute Gasteiger partial charge is 0.387 e. The van der Waals surface area contributed by atoms with Crippen molar-refractivity contribution in [3.8, 4) is 0 Å². The second-order valence-corrected chi connectivity index (χ2v) is 12.7. The minimum Gasteiger partial charge on any atom is -0.387 e. The molecule has 1 saturated heterocycles. The summed E-state index contributed by atoms with van der Waals surface area (Å²) < 4.78 is 11.8. The third kappa shape index (κ3) is 9.38. The predicted octanol–water partition coefficient (Wildman–Crippen LogP) is 4.09. The van der Waals surface area contributed by atoms with Gasteiger partial charge in [0.15, 0.2) is 0 Å². The van der Waals surface area contributed by atoms with Crippen molar-refractivity contribution in [3.05, 3.63) is 23.8 Å². The molecule has 8 atom stereocenters. The summed E-state index contributed by atoms with van der Waals surface area (Å²) >= 11 is 0. The van der Waals surface area contributed by atoms with Crippen LogP contribution in [-0.2, 0) is 23.9 Å². The van der Waals surface area contributed by atoms with E-state index in [1.807, 2.05) is 51.8 Å². The van der Waals surface area contributed by atoms with E-state index < -0.39 is 30.3 Å². The smallest absolute Gasteiger partial charge is 0.225 e. The van der Waals surface area contributed by atoms with Crippen molar-refractivity contribution >= 4 is 17.7 Å². The number of hydrogen-bond donors (Lipinski definition) is 2. The first-order chi connectivity index (χ1) is 19.9. The van der Waals surface area contributed by atoms with Gasteiger partial charge in [0.1, 0.15) is 0 Å². The van der Waals surface area contributed by atoms with Crippen LogP contribution in [0.4, 0.5) is 0 Å². The molecule has 1 aliphatic carbocycles. The molecule has 9 heteroatoms. The molecule has 2 aliphatic rings. The standard InChI is InChI=1S/C33H57N3O6/c1-10-22(4)30(35(7)28(37)19-21(2)3)27(41-8)20-29(38)36-18-14-17-26(36)32(42-9)23(5)33(40)34-24(6)31(39)25-15-12-11-13-16-25/h11-12,15,21-24,26-27,30-32,39H,10,13-14,16-20H2,1-9H3,(H,34,40). The Bertz CT molecular complexity index is 950. The maximum absolute atomic E-state index is 13.8. The van der Waals surface area contributed by atoms with E-state index in [-0.39, 0.29) is 48.1 Å². The Morgan fingerprint density at radius 2 is 1.81 bits per heavy atom. The van der Waals surface area contributed by atoms with Crippen LogP contribution in [0.2, 0.25) is 0 Å². The van der Waals surface area contributed by atoms with E-state index in [1.165, 1.54) is 0 Å². The number of carbonyl (C=O) groups is 3. The molecule has 1 aliphatic heterocycles. The molecule has 8 unspecified atom stereocenters. The van der Waals surface area contributed by atoms with Crippen molar-refractivity contribution < 1.29 is 29.0 Å². The molecule has 1 fully saturated rings. The van der Waals surface area contributed by atoms with E-state index in [0.29, 0.717) is 13.0 Å². The number of carbonyl (C=O) groups excluding carboxylic acids is 3. The van der Waals surface area contributed by atoms with E-state index >= 15 is 0 Å². The summed E-state index contributed by atoms with van der Waals surface area (Å²) in [7, 11) is 5.01. The highest BCUT2D eigenvalue weighted by Crippen LogP contribution is 2.29. The number of likely N-dealkylation sites (tertiary alicyclic amines) is 1. The zero-order valence-electron chi connectivity index (χ0n) is 27.5. The van der Waals surface area contributed by atoms with E-state index in [4.69, 9.17) is 9.47 Å². The van der Waals surface area contributed by atoms with Gasteiger partial charge in [0, 0.05) is 34.2 Å². The zero-order chi connectivity index (χ0) is 31.6. The summed E-state index contributed by atoms with van der Waals surface area (Å²) in [5, 5.41) is 13.8. The Kier molecular flexibility index (Phi) is 14.7. The number of likely N-dealkylation sites (N-methyl/N-ethyl adjacent to an activating group) is 1. The van der Waals surface area contributed by atoms with Gasteiger partial charge in [-0.2, -0.15) is 0 Å². The molecule has 2 rings (SSSR count). The van der Waals surface area contributed by atoms with Crippen LogP contribution < -0.4 is 5.32 Å². The number of nitrogens with zero attached hydrogens (tertiary/aromatic N) is 2. The minimum absolute atomic E-state index is 0.0544. The van der Waals surface area contributed by atoms with Gasteiger partial charge in [-0.3, -0.25) is 14.4 Å². The van der Waals surface area contributed by atoms with Gasteiger partial charge in [-0.15, -0.1) is 0 Å². The molecule has 0 spiro atoms. The van der Waals surface area contributed by atoms with Crippen LogP contribution in [0.15, 0.2) is 23.8 Å². The summed E-state index contributed by atoms with van der Waals surface area (Å²) in [6.45, 7) is 12.4. The third-order valence-corrected chi connectivity index (χ3v) is 9.16. The first kappa shape index (κ1) is 36.0. The summed E-state index contributed by atoms with van der Waals surface area (Å²) in [6, 6.07) is -0.941. The quantitative estimate of drug-likeness (QED) is 0.280. The molecule has 9 nitrogen and oxygen atoms in total. The Balaban J connectivity index is 2.14. The van der Waals surface area contributed by atoms with Crippen molar-refractivity contribution in [2.45, 2.75) is 123 Å². The Hall–Kier alpha value is -2.23. The van der Waals surface area contributed by atoms with Crippen LogP contribution in [0.3, 0.4) is 0 Å². The van der Waals surface area contributed by atoms with Crippen molar-refractivity contribution in [2.24, 2.45) is 17.8 Å². The maximum Gasteiger partial charge on any atom is 0.225 e. The molecule has 3 amide bonds. The fraction of sp³-hybridized carbons (Fsp3) is 0.788. The van der Waals surface area contributed by atoms with E-state index in [2.05, 4.69) is 25.2 Å². The lowest BCUT2D eigenvalue weighted by Crippen LogP contribution is -2.54. The van der Waals surface area contributed by atoms with Gasteiger partial charge in [0.25, 0.3) is 0 Å². The van der Waals surface area contributed by atoms with Crippen molar-refractivity contribution in [1.82, 2.24) is 15.1 Å². The molecule has 1 heterocycles. The van der Waals surface area contributed by atoms with Crippen molar-refractivity contribution in [2.75, 3.05) is 27.8 Å². The lowest BCUT2D eigenvalue weighted by molar-refractivity contribution is -0.146. The number of allylic oxidation sites excluding steroid dienone is 3. The van der Waals surface area contributed by atoms with Crippen LogP contribution in [0.5, 0.6) is 0 Å². The molecule has 0 radical (unpaired) electrons. The highest BCUT2D eigenvalue weighted by Gasteiger charge is 2.42. The van der Waals surface area contributed by atoms with Gasteiger partial charge in [0.2, 0.25) is 17.7 Å². The molecule has 240 valence electrons. The van der Waals surface area contributed by atoms with Gasteiger partial charge in [-0.1, -0.05) is 59.3 Å². The van der Waals surface area contributed by atoms with Crippen LogP contribution in [0, 0.1) is 17.8 Å². The monoisotopic (exact) mass is 591 g/mol. The molecule has 0 bridgehead atoms. The second kappa shape index (κ2) is 17.2. The van der Waals surface area contributed by atoms with Crippen LogP contribution in [0.1, 0.15) is 86.5 Å². The fourth-order valence-electron chi connectivity index (χ4n) is 6.44. The number of methoxy groups -OCH3 is 2. The third-order valence-electron chi connectivity index (χ3n) is 9.16. The topological polar surface area (TPSA) is 108 Å². The van der Waals surface area contributed by atoms with Gasteiger partial charge in [0.05, 0.1) is 48.8 Å². The molecule has 0 aromatic heterocycles. The maximum atomic E-state index is 13.8. The van der Waals surface area contributed by atoms with Gasteiger partial charge in [-0.25, -0.2) is 0 Å². The first-order valence-corrected chi connectivity index (χ1v) is 15.8. The lowest BCUT2D eigenvalue weighted by Gasteiger charge is -2.39. The molecule has 2 N–H and O–H groups in total. The van der Waals surface area contributed by atoms with E-state index in [0.717, 1.165) is 37.7 Å². The summed E-state index contributed by atoms with van der Waals surface area (Å²) in [5.74, 6) is -0.364. The molecular weight excluding hydrogens is 534 g/mol. The molecule has 42 heavy (non-hydrogen) atoms. The van der Waals surface area contributed by atoms with Gasteiger partial charge < -0.3 is 29.7 Å². The van der Waals surface area contributed by atoms with Crippen molar-refractivity contribution in [3.63, 3.8) is 0 Å². The molecular formula is C33H57N3O6. The number of ether oxygens (including phenoxy) is 2. The Morgan fingerprint density at radius 1 is 1.12 bits per heavy atom. The van der Waals surface area contributed by atoms with Gasteiger partial charge in [-0.05, 0) is 50.0 Å². The number of rotatable bonds is 16. The van der Waals surface area contributed by atoms with Gasteiger partial charge >= 0.3 is 0 Å². The molecule has 0 saturated carbocycles. The lowest BCUT2D eigenvalue weighted by atomic mass is 9.90. The van der Waals surface area contributed by atoms with E-state index in [9.17, 15) is 19.5 Å². The number of aliphatic hydroxyl groups excluding tert-OH is 1. The fourth-order valence-corrected chi connectivity index (χ4v) is 6.44. The Labute approximate surface area is 254 Å². The number of amides is 3. The highest BCUT2D eigenvalue weighted by atomic mass is 16.5. The number of nitrogens with one attached hydrogen (secondary N) is 1. The number of hydrogen-bond acceptors (Lipinski definition) is 6. The SMILES string of the molecule is CCC(C)C(C(CC(=O)N1CCCC1C(OC)C(C)C(=O)NC(C)C(O)C1=CC=CCC1)OC)N(C)C(=O)CC(C)C. The van der Waals surface area contributed by atoms with E-state index in [1.54, 1.807) is 19.1 Å². The van der Waals surface area contributed by atoms with Crippen LogP contribution in [-0.4, -0.2) is 96.9 Å². The summed E-state index contributed by atoms with van der Waals surface area (Å²) in [5.41, 5.74) is 0.911. The predicted molar refractivity (Wildman–Crippen MR) is 166 cm³/mol. The highest BCUT2D eigenvalue weighted by molar-refractivity contribution is 5.81. The average molecular weight is 592 g/mol. The summed E-state index contributed by atoms with van der Waals surface area (Å²) in [6.07, 6.45) is 8.84. The Morgan fingerprint density at radius 3 is 2.36 bits per heavy atom. The normalized spacial score (nSPS) is 22.1. The zero-order valence-corrected chi connectivity index (χ0v) is 27.5. The van der Waals surface area contributed by atoms with Crippen LogP contribution >= 0.6 is 0 Å². The minimum atomic E-state index is -0.758. The number of aliphatic hydroxyl groups is 1.